The molecule has 29 heavy (non-hydrogen) atoms. The molecule has 2 heterocycles. The molecule has 5 nitrogen and oxygen atoms in total. The summed E-state index contributed by atoms with van der Waals surface area (Å²) in [6.45, 7) is 4.36. The molecule has 1 saturated heterocycles. The number of aryl methyl sites for hydroxylation is 2. The van der Waals surface area contributed by atoms with Gasteiger partial charge < -0.3 is 9.42 Å². The number of benzene rings is 2. The van der Waals surface area contributed by atoms with Crippen molar-refractivity contribution in [3.63, 3.8) is 0 Å². The van der Waals surface area contributed by atoms with Crippen LogP contribution in [0.15, 0.2) is 47.0 Å². The molecular formula is C21H18F3N3O2. The van der Waals surface area contributed by atoms with Crippen LogP contribution in [0.4, 0.5) is 18.9 Å². The van der Waals surface area contributed by atoms with Gasteiger partial charge in [-0.3, -0.25) is 4.79 Å². The molecule has 0 saturated carbocycles. The molecule has 3 aromatic rings. The Morgan fingerprint density at radius 2 is 1.83 bits per heavy atom. The Morgan fingerprint density at radius 1 is 1.10 bits per heavy atom. The lowest BCUT2D eigenvalue weighted by Crippen LogP contribution is -2.25. The van der Waals surface area contributed by atoms with Crippen molar-refractivity contribution in [2.75, 3.05) is 11.4 Å². The number of carbonyl (C=O) groups is 1. The van der Waals surface area contributed by atoms with E-state index in [2.05, 4.69) is 10.1 Å². The minimum Gasteiger partial charge on any atom is -0.339 e. The van der Waals surface area contributed by atoms with Crippen LogP contribution in [0, 0.1) is 13.8 Å². The monoisotopic (exact) mass is 401 g/mol. The van der Waals surface area contributed by atoms with E-state index in [0.717, 1.165) is 28.9 Å². The van der Waals surface area contributed by atoms with Gasteiger partial charge in [0.25, 0.3) is 0 Å². The van der Waals surface area contributed by atoms with E-state index in [-0.39, 0.29) is 24.1 Å². The molecule has 1 aliphatic rings. The molecule has 1 amide bonds. The lowest BCUT2D eigenvalue weighted by molar-refractivity contribution is -0.137. The van der Waals surface area contributed by atoms with Crippen LogP contribution in [0.3, 0.4) is 0 Å². The first-order valence-corrected chi connectivity index (χ1v) is 9.11. The average molecular weight is 401 g/mol. The Balaban J connectivity index is 1.53. The molecule has 1 atom stereocenters. The quantitative estimate of drug-likeness (QED) is 0.627. The van der Waals surface area contributed by atoms with Gasteiger partial charge in [0.05, 0.1) is 11.5 Å². The van der Waals surface area contributed by atoms with Gasteiger partial charge in [-0.2, -0.15) is 18.2 Å². The van der Waals surface area contributed by atoms with Crippen molar-refractivity contribution in [1.82, 2.24) is 10.1 Å². The van der Waals surface area contributed by atoms with Gasteiger partial charge in [0.2, 0.25) is 17.6 Å². The smallest absolute Gasteiger partial charge is 0.339 e. The van der Waals surface area contributed by atoms with Gasteiger partial charge in [0.15, 0.2) is 0 Å². The predicted molar refractivity (Wildman–Crippen MR) is 100 cm³/mol. The number of amides is 1. The fourth-order valence-corrected chi connectivity index (χ4v) is 3.54. The molecule has 0 N–H and O–H groups in total. The lowest BCUT2D eigenvalue weighted by Gasteiger charge is -2.19. The van der Waals surface area contributed by atoms with Crippen LogP contribution >= 0.6 is 0 Å². The third kappa shape index (κ3) is 3.74. The molecule has 1 unspecified atom stereocenters. The Morgan fingerprint density at radius 3 is 2.48 bits per heavy atom. The van der Waals surface area contributed by atoms with Crippen molar-refractivity contribution in [3.05, 3.63) is 65.0 Å². The highest BCUT2D eigenvalue weighted by Gasteiger charge is 2.36. The van der Waals surface area contributed by atoms with E-state index in [1.165, 1.54) is 12.1 Å². The van der Waals surface area contributed by atoms with Crippen molar-refractivity contribution in [3.8, 4) is 11.4 Å². The molecule has 0 bridgehead atoms. The number of halogens is 3. The number of anilines is 1. The van der Waals surface area contributed by atoms with Gasteiger partial charge in [-0.25, -0.2) is 0 Å². The average Bonchev–Trinajstić information content (AvgIpc) is 3.28. The fourth-order valence-electron chi connectivity index (χ4n) is 3.54. The lowest BCUT2D eigenvalue weighted by atomic mass is 10.1. The van der Waals surface area contributed by atoms with Crippen molar-refractivity contribution in [1.29, 1.82) is 0 Å². The highest BCUT2D eigenvalue weighted by atomic mass is 19.4. The molecule has 0 aliphatic carbocycles. The fraction of sp³-hybridized carbons (Fsp3) is 0.286. The molecule has 0 radical (unpaired) electrons. The van der Waals surface area contributed by atoms with Gasteiger partial charge >= 0.3 is 6.18 Å². The van der Waals surface area contributed by atoms with Gasteiger partial charge in [0, 0.05) is 24.2 Å². The maximum absolute atomic E-state index is 12.7. The summed E-state index contributed by atoms with van der Waals surface area (Å²) in [6, 6.07) is 10.5. The van der Waals surface area contributed by atoms with Crippen molar-refractivity contribution in [2.45, 2.75) is 32.4 Å². The molecule has 2 aromatic carbocycles. The Kier molecular flexibility index (Phi) is 4.64. The summed E-state index contributed by atoms with van der Waals surface area (Å²) in [6.07, 6.45) is -4.16. The molecule has 8 heteroatoms. The van der Waals surface area contributed by atoms with E-state index < -0.39 is 11.7 Å². The van der Waals surface area contributed by atoms with E-state index >= 15 is 0 Å². The number of alkyl halides is 3. The number of aromatic nitrogens is 2. The maximum Gasteiger partial charge on any atom is 0.416 e. The van der Waals surface area contributed by atoms with Gasteiger partial charge in [-0.15, -0.1) is 0 Å². The van der Waals surface area contributed by atoms with Crippen LogP contribution in [0.1, 0.15) is 34.9 Å². The number of rotatable bonds is 3. The second-order valence-electron chi connectivity index (χ2n) is 7.23. The summed E-state index contributed by atoms with van der Waals surface area (Å²) in [5, 5.41) is 3.88. The van der Waals surface area contributed by atoms with Gasteiger partial charge in [-0.05, 0) is 37.6 Å². The molecule has 1 aliphatic heterocycles. The highest BCUT2D eigenvalue weighted by molar-refractivity contribution is 5.97. The summed E-state index contributed by atoms with van der Waals surface area (Å²) in [5.74, 6) is 0.210. The Bertz CT molecular complexity index is 1060. The summed E-state index contributed by atoms with van der Waals surface area (Å²) in [5.41, 5.74) is 2.66. The topological polar surface area (TPSA) is 59.2 Å². The van der Waals surface area contributed by atoms with E-state index in [9.17, 15) is 18.0 Å². The van der Waals surface area contributed by atoms with Crippen LogP contribution in [0.2, 0.25) is 0 Å². The van der Waals surface area contributed by atoms with Crippen molar-refractivity contribution < 1.29 is 22.5 Å². The second kappa shape index (κ2) is 7.02. The minimum atomic E-state index is -4.40. The van der Waals surface area contributed by atoms with Crippen LogP contribution in [-0.4, -0.2) is 22.6 Å². The summed E-state index contributed by atoms with van der Waals surface area (Å²) >= 11 is 0. The number of carbonyl (C=O) groups excluding carboxylic acids is 1. The first-order chi connectivity index (χ1) is 13.7. The predicted octanol–water partition coefficient (Wildman–Crippen LogP) is 4.89. The zero-order valence-corrected chi connectivity index (χ0v) is 15.8. The van der Waals surface area contributed by atoms with Crippen LogP contribution in [-0.2, 0) is 11.0 Å². The van der Waals surface area contributed by atoms with Crippen LogP contribution in [0.5, 0.6) is 0 Å². The molecule has 0 spiro atoms. The maximum atomic E-state index is 12.7. The van der Waals surface area contributed by atoms with Crippen LogP contribution < -0.4 is 4.90 Å². The number of hydrogen-bond donors (Lipinski definition) is 0. The molecule has 4 rings (SSSR count). The third-order valence-electron chi connectivity index (χ3n) is 5.03. The van der Waals surface area contributed by atoms with Gasteiger partial charge in [0.1, 0.15) is 0 Å². The first kappa shape index (κ1) is 19.2. The summed E-state index contributed by atoms with van der Waals surface area (Å²) in [4.78, 5) is 18.6. The highest BCUT2D eigenvalue weighted by Crippen LogP contribution is 2.34. The first-order valence-electron chi connectivity index (χ1n) is 9.11. The Labute approximate surface area is 165 Å². The van der Waals surface area contributed by atoms with E-state index in [1.807, 2.05) is 32.0 Å². The third-order valence-corrected chi connectivity index (χ3v) is 5.03. The standard InChI is InChI=1S/C21H18F3N3O2/c1-12-3-8-17(13(2)9-12)27-11-15(10-18(27)28)20-25-19(26-29-20)14-4-6-16(7-5-14)21(22,23)24/h3-9,15H,10-11H2,1-2H3. The second-order valence-corrected chi connectivity index (χ2v) is 7.23. The van der Waals surface area contributed by atoms with Crippen LogP contribution in [0.25, 0.3) is 11.4 Å². The molecule has 150 valence electrons. The van der Waals surface area contributed by atoms with E-state index in [1.54, 1.807) is 4.90 Å². The summed E-state index contributed by atoms with van der Waals surface area (Å²) in [7, 11) is 0. The number of hydrogen-bond acceptors (Lipinski definition) is 4. The minimum absolute atomic E-state index is 0.0313. The largest absolute Gasteiger partial charge is 0.416 e. The molecular weight excluding hydrogens is 383 g/mol. The van der Waals surface area contributed by atoms with E-state index in [4.69, 9.17) is 4.52 Å². The van der Waals surface area contributed by atoms with Crippen molar-refractivity contribution >= 4 is 11.6 Å². The van der Waals surface area contributed by atoms with Crippen molar-refractivity contribution in [2.24, 2.45) is 0 Å². The molecule has 1 fully saturated rings. The van der Waals surface area contributed by atoms with E-state index in [0.29, 0.717) is 18.0 Å². The van der Waals surface area contributed by atoms with Gasteiger partial charge in [-0.1, -0.05) is 35.0 Å². The molecule has 1 aromatic heterocycles. The zero-order valence-electron chi connectivity index (χ0n) is 15.8. The summed E-state index contributed by atoms with van der Waals surface area (Å²) < 4.78 is 43.4. The zero-order chi connectivity index (χ0) is 20.8. The normalized spacial score (nSPS) is 17.2. The number of nitrogens with zero attached hydrogens (tertiary/aromatic N) is 3. The Hall–Kier alpha value is -3.16. The SMILES string of the molecule is Cc1ccc(N2CC(c3nc(-c4ccc(C(F)(F)F)cc4)no3)CC2=O)c(C)c1.